The van der Waals surface area contributed by atoms with Crippen LogP contribution in [0.15, 0.2) is 83.5 Å². The third kappa shape index (κ3) is 4.98. The van der Waals surface area contributed by atoms with E-state index in [0.717, 1.165) is 28.7 Å². The minimum atomic E-state index is 0.298. The summed E-state index contributed by atoms with van der Waals surface area (Å²) in [7, 11) is 0. The van der Waals surface area contributed by atoms with E-state index in [9.17, 15) is 0 Å². The van der Waals surface area contributed by atoms with Gasteiger partial charge in [-0.1, -0.05) is 64.5 Å². The molecule has 5 rings (SSSR count). The van der Waals surface area contributed by atoms with Crippen LogP contribution in [-0.4, -0.2) is 22.8 Å². The van der Waals surface area contributed by atoms with E-state index in [4.69, 9.17) is 9.17 Å². The molecular formula is C27H24BrN3OS. The fraction of sp³-hybridized carbons (Fsp3) is 0.185. The molecule has 1 atom stereocenters. The van der Waals surface area contributed by atoms with Crippen LogP contribution < -0.4 is 5.32 Å². The highest BCUT2D eigenvalue weighted by Crippen LogP contribution is 2.42. The molecular weight excluding hydrogens is 494 g/mol. The molecule has 1 aromatic heterocycles. The molecule has 6 heteroatoms. The smallest absolute Gasteiger partial charge is 0.227 e. The molecule has 0 radical (unpaired) electrons. The van der Waals surface area contributed by atoms with Gasteiger partial charge in [-0.15, -0.1) is 0 Å². The van der Waals surface area contributed by atoms with Gasteiger partial charge in [-0.2, -0.15) is 0 Å². The molecule has 1 unspecified atom stereocenters. The standard InChI is InChI=1S/C27H24BrN3OS/c1-33-32-15-14-18-6-12-22(13-7-18)30-27-29-17-20-16-25(19-8-10-21(28)11-9-19)23-4-2-3-5-24(23)26(20)31-27/h2-13,17,25H,14-16H2,1H3,(H,29,30,31). The molecule has 1 aliphatic rings. The zero-order chi connectivity index (χ0) is 22.6. The summed E-state index contributed by atoms with van der Waals surface area (Å²) < 4.78 is 6.46. The topological polar surface area (TPSA) is 47.0 Å². The number of rotatable bonds is 7. The van der Waals surface area contributed by atoms with Gasteiger partial charge in [-0.3, -0.25) is 0 Å². The van der Waals surface area contributed by atoms with Crippen molar-refractivity contribution in [2.24, 2.45) is 0 Å². The summed E-state index contributed by atoms with van der Waals surface area (Å²) in [6.07, 6.45) is 5.69. The number of nitrogens with one attached hydrogen (secondary N) is 1. The highest BCUT2D eigenvalue weighted by Gasteiger charge is 2.27. The minimum absolute atomic E-state index is 0.298. The lowest BCUT2D eigenvalue weighted by Crippen LogP contribution is -2.15. The average Bonchev–Trinajstić information content (AvgIpc) is 2.85. The van der Waals surface area contributed by atoms with Gasteiger partial charge in [0.15, 0.2) is 0 Å². The van der Waals surface area contributed by atoms with Crippen LogP contribution in [0.1, 0.15) is 28.2 Å². The number of fused-ring (bicyclic) bond motifs is 3. The van der Waals surface area contributed by atoms with Crippen molar-refractivity contribution in [2.75, 3.05) is 18.2 Å². The van der Waals surface area contributed by atoms with Gasteiger partial charge < -0.3 is 9.50 Å². The summed E-state index contributed by atoms with van der Waals surface area (Å²) in [6, 6.07) is 25.6. The summed E-state index contributed by atoms with van der Waals surface area (Å²) in [6.45, 7) is 0.711. The van der Waals surface area contributed by atoms with Gasteiger partial charge in [0.05, 0.1) is 12.3 Å². The first-order chi connectivity index (χ1) is 16.2. The van der Waals surface area contributed by atoms with Crippen LogP contribution >= 0.6 is 28.0 Å². The highest BCUT2D eigenvalue weighted by molar-refractivity contribution is 9.10. The molecule has 1 heterocycles. The fourth-order valence-corrected chi connectivity index (χ4v) is 4.83. The van der Waals surface area contributed by atoms with E-state index in [1.807, 2.05) is 12.5 Å². The maximum absolute atomic E-state index is 5.36. The fourth-order valence-electron chi connectivity index (χ4n) is 4.32. The van der Waals surface area contributed by atoms with Gasteiger partial charge in [-0.05, 0) is 71.4 Å². The predicted octanol–water partition coefficient (Wildman–Crippen LogP) is 7.17. The van der Waals surface area contributed by atoms with Crippen molar-refractivity contribution in [3.05, 3.63) is 106 Å². The van der Waals surface area contributed by atoms with Crippen molar-refractivity contribution in [1.29, 1.82) is 0 Å². The first-order valence-corrected chi connectivity index (χ1v) is 12.9. The normalized spacial score (nSPS) is 14.4. The Morgan fingerprint density at radius 1 is 1.03 bits per heavy atom. The molecule has 4 aromatic rings. The Morgan fingerprint density at radius 2 is 1.82 bits per heavy atom. The van der Waals surface area contributed by atoms with E-state index in [1.54, 1.807) is 0 Å². The number of benzene rings is 3. The summed E-state index contributed by atoms with van der Waals surface area (Å²) in [5.74, 6) is 0.913. The second-order valence-electron chi connectivity index (χ2n) is 8.02. The molecule has 33 heavy (non-hydrogen) atoms. The van der Waals surface area contributed by atoms with Crippen molar-refractivity contribution in [3.8, 4) is 11.3 Å². The molecule has 1 aliphatic carbocycles. The molecule has 0 spiro atoms. The summed E-state index contributed by atoms with van der Waals surface area (Å²) >= 11 is 4.95. The lowest BCUT2D eigenvalue weighted by Gasteiger charge is -2.27. The van der Waals surface area contributed by atoms with E-state index in [1.165, 1.54) is 39.9 Å². The van der Waals surface area contributed by atoms with Crippen LogP contribution in [0.4, 0.5) is 11.6 Å². The molecule has 0 saturated carbocycles. The number of nitrogens with zero attached hydrogens (tertiary/aromatic N) is 2. The van der Waals surface area contributed by atoms with E-state index in [2.05, 4.69) is 99.0 Å². The average molecular weight is 518 g/mol. The number of hydrogen-bond donors (Lipinski definition) is 1. The van der Waals surface area contributed by atoms with E-state index >= 15 is 0 Å². The van der Waals surface area contributed by atoms with E-state index < -0.39 is 0 Å². The molecule has 0 amide bonds. The molecule has 0 aliphatic heterocycles. The molecule has 0 bridgehead atoms. The SMILES string of the molecule is CSOCCc1ccc(Nc2ncc3c(n2)-c2ccccc2C(c2ccc(Br)cc2)C3)cc1. The van der Waals surface area contributed by atoms with E-state index in [-0.39, 0.29) is 0 Å². The van der Waals surface area contributed by atoms with Crippen molar-refractivity contribution in [2.45, 2.75) is 18.8 Å². The lowest BCUT2D eigenvalue weighted by molar-refractivity contribution is 0.381. The lowest BCUT2D eigenvalue weighted by atomic mass is 9.78. The quantitative estimate of drug-likeness (QED) is 0.208. The Hall–Kier alpha value is -2.67. The Balaban J connectivity index is 1.40. The molecule has 0 fully saturated rings. The van der Waals surface area contributed by atoms with Gasteiger partial charge in [-0.25, -0.2) is 9.97 Å². The molecule has 0 saturated heterocycles. The van der Waals surface area contributed by atoms with Crippen LogP contribution in [0.3, 0.4) is 0 Å². The Morgan fingerprint density at radius 3 is 2.61 bits per heavy atom. The number of halogens is 1. The summed E-state index contributed by atoms with van der Waals surface area (Å²) in [5, 5.41) is 3.37. The monoisotopic (exact) mass is 517 g/mol. The molecule has 1 N–H and O–H groups in total. The first kappa shape index (κ1) is 22.1. The van der Waals surface area contributed by atoms with Gasteiger partial charge in [0, 0.05) is 34.1 Å². The van der Waals surface area contributed by atoms with Crippen LogP contribution in [-0.2, 0) is 17.0 Å². The first-order valence-electron chi connectivity index (χ1n) is 10.9. The molecule has 3 aromatic carbocycles. The largest absolute Gasteiger partial charge is 0.324 e. The maximum atomic E-state index is 5.36. The maximum Gasteiger partial charge on any atom is 0.227 e. The highest BCUT2D eigenvalue weighted by atomic mass is 79.9. The predicted molar refractivity (Wildman–Crippen MR) is 140 cm³/mol. The Bertz CT molecular complexity index is 1250. The number of aromatic nitrogens is 2. The Labute approximate surface area is 207 Å². The van der Waals surface area contributed by atoms with Crippen LogP contribution in [0, 0.1) is 0 Å². The zero-order valence-electron chi connectivity index (χ0n) is 18.3. The number of hydrogen-bond acceptors (Lipinski definition) is 5. The summed E-state index contributed by atoms with van der Waals surface area (Å²) in [5.41, 5.74) is 8.21. The second kappa shape index (κ2) is 10.1. The van der Waals surface area contributed by atoms with Gasteiger partial charge in [0.1, 0.15) is 0 Å². The Kier molecular flexibility index (Phi) is 6.76. The third-order valence-electron chi connectivity index (χ3n) is 5.95. The van der Waals surface area contributed by atoms with Crippen molar-refractivity contribution in [1.82, 2.24) is 9.97 Å². The minimum Gasteiger partial charge on any atom is -0.324 e. The van der Waals surface area contributed by atoms with Gasteiger partial charge in [0.25, 0.3) is 0 Å². The van der Waals surface area contributed by atoms with Crippen LogP contribution in [0.5, 0.6) is 0 Å². The molecule has 166 valence electrons. The van der Waals surface area contributed by atoms with Gasteiger partial charge in [0.2, 0.25) is 5.95 Å². The van der Waals surface area contributed by atoms with Crippen LogP contribution in [0.2, 0.25) is 0 Å². The van der Waals surface area contributed by atoms with Crippen molar-refractivity contribution < 1.29 is 4.18 Å². The second-order valence-corrected chi connectivity index (χ2v) is 9.51. The van der Waals surface area contributed by atoms with Gasteiger partial charge >= 0.3 is 0 Å². The number of anilines is 2. The van der Waals surface area contributed by atoms with Crippen molar-refractivity contribution in [3.63, 3.8) is 0 Å². The third-order valence-corrected chi connectivity index (χ3v) is 6.89. The van der Waals surface area contributed by atoms with Crippen molar-refractivity contribution >= 4 is 39.6 Å². The zero-order valence-corrected chi connectivity index (χ0v) is 20.7. The molecule has 4 nitrogen and oxygen atoms in total. The van der Waals surface area contributed by atoms with Crippen LogP contribution in [0.25, 0.3) is 11.3 Å². The summed E-state index contributed by atoms with van der Waals surface area (Å²) in [4.78, 5) is 9.56. The van der Waals surface area contributed by atoms with E-state index in [0.29, 0.717) is 18.5 Å².